The lowest BCUT2D eigenvalue weighted by Gasteiger charge is -2.28. The molecule has 4 rings (SSSR count). The Morgan fingerprint density at radius 1 is 1.03 bits per heavy atom. The number of likely N-dealkylation sites (tertiary alicyclic amines) is 1. The van der Waals surface area contributed by atoms with Gasteiger partial charge in [0.25, 0.3) is 11.8 Å². The first kappa shape index (κ1) is 23.4. The topological polar surface area (TPSA) is 122 Å². The molecule has 0 aromatic heterocycles. The average molecular weight is 520 g/mol. The van der Waals surface area contributed by atoms with E-state index in [1.807, 2.05) is 0 Å². The van der Waals surface area contributed by atoms with Gasteiger partial charge in [0.05, 0.1) is 11.8 Å². The van der Waals surface area contributed by atoms with Gasteiger partial charge in [-0.1, -0.05) is 29.8 Å². The third-order valence-corrected chi connectivity index (χ3v) is 7.41. The first-order valence-corrected chi connectivity index (χ1v) is 11.9. The first-order valence-electron chi connectivity index (χ1n) is 11.1. The summed E-state index contributed by atoms with van der Waals surface area (Å²) < 4.78 is 5.93. The van der Waals surface area contributed by atoms with E-state index in [1.165, 1.54) is 0 Å². The van der Waals surface area contributed by atoms with Crippen LogP contribution in [-0.4, -0.2) is 47.1 Å². The van der Waals surface area contributed by atoms with Gasteiger partial charge in [0.1, 0.15) is 6.04 Å². The van der Waals surface area contributed by atoms with Gasteiger partial charge in [-0.3, -0.25) is 34.9 Å². The van der Waals surface area contributed by atoms with Crippen molar-refractivity contribution in [2.75, 3.05) is 6.61 Å². The molecule has 2 aliphatic carbocycles. The summed E-state index contributed by atoms with van der Waals surface area (Å²) in [4.78, 5) is 64.2. The van der Waals surface area contributed by atoms with Gasteiger partial charge in [0.2, 0.25) is 11.8 Å². The smallest absolute Gasteiger partial charge is 0.330 e. The number of fused-ring (bicyclic) bond motifs is 5. The molecule has 2 saturated carbocycles. The van der Waals surface area contributed by atoms with E-state index in [0.29, 0.717) is 5.56 Å². The van der Waals surface area contributed by atoms with Crippen LogP contribution in [0.5, 0.6) is 0 Å². The SMILES string of the molecule is CC(C)[C@H](C(=O)OCC(=O)NNC(=O)c1ccc(Br)cc1)N1C(=O)[C@@H]2[C@H]3CC[C@@H](C3)[C@H]2C1=O. The molecule has 2 N–H and O–H groups in total. The van der Waals surface area contributed by atoms with Crippen LogP contribution in [0.15, 0.2) is 28.7 Å². The summed E-state index contributed by atoms with van der Waals surface area (Å²) in [6, 6.07) is 5.44. The maximum absolute atomic E-state index is 13.1. The molecule has 33 heavy (non-hydrogen) atoms. The third-order valence-electron chi connectivity index (χ3n) is 6.88. The van der Waals surface area contributed by atoms with Crippen molar-refractivity contribution in [3.8, 4) is 0 Å². The molecule has 3 aliphatic rings. The summed E-state index contributed by atoms with van der Waals surface area (Å²) in [5, 5.41) is 0. The Hall–Kier alpha value is -2.75. The van der Waals surface area contributed by atoms with Crippen molar-refractivity contribution >= 4 is 45.5 Å². The minimum absolute atomic E-state index is 0.213. The lowest BCUT2D eigenvalue weighted by Crippen LogP contribution is -2.50. The molecule has 1 aliphatic heterocycles. The van der Waals surface area contributed by atoms with Crippen LogP contribution in [0, 0.1) is 29.6 Å². The summed E-state index contributed by atoms with van der Waals surface area (Å²) in [5.74, 6) is -3.28. The molecule has 4 amide bonds. The Bertz CT molecular complexity index is 966. The molecule has 10 heteroatoms. The van der Waals surface area contributed by atoms with Gasteiger partial charge in [-0.15, -0.1) is 0 Å². The van der Waals surface area contributed by atoms with Crippen LogP contribution >= 0.6 is 15.9 Å². The van der Waals surface area contributed by atoms with Crippen molar-refractivity contribution < 1.29 is 28.7 Å². The second-order valence-electron chi connectivity index (χ2n) is 9.24. The van der Waals surface area contributed by atoms with Crippen molar-refractivity contribution in [3.63, 3.8) is 0 Å². The van der Waals surface area contributed by atoms with Crippen molar-refractivity contribution in [3.05, 3.63) is 34.3 Å². The molecular weight excluding hydrogens is 494 g/mol. The molecule has 0 radical (unpaired) electrons. The quantitative estimate of drug-likeness (QED) is 0.335. The molecule has 2 bridgehead atoms. The number of esters is 1. The Kier molecular flexibility index (Phi) is 6.56. The standard InChI is InChI=1S/C23H26BrN3O6/c1-11(2)19(27-21(30)17-13-3-4-14(9-13)18(17)22(27)31)23(32)33-10-16(28)25-26-20(29)12-5-7-15(24)8-6-12/h5-8,11,13-14,17-19H,3-4,9-10H2,1-2H3,(H,25,28)(H,26,29)/t13-,14-,17+,18+,19+/m0/s1. The van der Waals surface area contributed by atoms with E-state index in [0.717, 1.165) is 28.6 Å². The number of ether oxygens (including phenoxy) is 1. The highest BCUT2D eigenvalue weighted by atomic mass is 79.9. The molecule has 1 aromatic carbocycles. The zero-order valence-corrected chi connectivity index (χ0v) is 20.0. The van der Waals surface area contributed by atoms with E-state index in [1.54, 1.807) is 38.1 Å². The van der Waals surface area contributed by atoms with E-state index in [2.05, 4.69) is 26.8 Å². The number of nitrogens with one attached hydrogen (secondary N) is 2. The third kappa shape index (κ3) is 4.40. The predicted octanol–water partition coefficient (Wildman–Crippen LogP) is 1.81. The van der Waals surface area contributed by atoms with Crippen molar-refractivity contribution in [2.45, 2.75) is 39.2 Å². The van der Waals surface area contributed by atoms with Gasteiger partial charge in [0.15, 0.2) is 6.61 Å². The molecule has 176 valence electrons. The zero-order valence-electron chi connectivity index (χ0n) is 18.4. The molecule has 1 aromatic rings. The lowest BCUT2D eigenvalue weighted by molar-refractivity contribution is -0.162. The Morgan fingerprint density at radius 2 is 1.61 bits per heavy atom. The van der Waals surface area contributed by atoms with Crippen molar-refractivity contribution in [1.82, 2.24) is 15.8 Å². The van der Waals surface area contributed by atoms with Gasteiger partial charge < -0.3 is 4.74 Å². The summed E-state index contributed by atoms with van der Waals surface area (Å²) >= 11 is 3.27. The van der Waals surface area contributed by atoms with E-state index in [4.69, 9.17) is 4.74 Å². The van der Waals surface area contributed by atoms with Crippen molar-refractivity contribution in [1.29, 1.82) is 0 Å². The number of carbonyl (C=O) groups excluding carboxylic acids is 5. The fraction of sp³-hybridized carbons (Fsp3) is 0.522. The van der Waals surface area contributed by atoms with E-state index in [-0.39, 0.29) is 41.4 Å². The highest BCUT2D eigenvalue weighted by molar-refractivity contribution is 9.10. The molecule has 5 atom stereocenters. The van der Waals surface area contributed by atoms with E-state index < -0.39 is 30.4 Å². The minimum atomic E-state index is -1.08. The molecule has 1 heterocycles. The summed E-state index contributed by atoms with van der Waals surface area (Å²) in [6.07, 6.45) is 2.80. The van der Waals surface area contributed by atoms with Crippen LogP contribution in [0.2, 0.25) is 0 Å². The summed E-state index contributed by atoms with van der Waals surface area (Å²) in [7, 11) is 0. The maximum Gasteiger partial charge on any atom is 0.330 e. The molecule has 9 nitrogen and oxygen atoms in total. The van der Waals surface area contributed by atoms with Crippen LogP contribution in [0.4, 0.5) is 0 Å². The zero-order chi connectivity index (χ0) is 23.9. The monoisotopic (exact) mass is 519 g/mol. The van der Waals surface area contributed by atoms with Crippen LogP contribution in [0.25, 0.3) is 0 Å². The number of nitrogens with zero attached hydrogens (tertiary/aromatic N) is 1. The average Bonchev–Trinajstić information content (AvgIpc) is 3.46. The van der Waals surface area contributed by atoms with E-state index in [9.17, 15) is 24.0 Å². The number of hydrogen-bond acceptors (Lipinski definition) is 6. The fourth-order valence-electron chi connectivity index (χ4n) is 5.44. The van der Waals surface area contributed by atoms with Crippen LogP contribution in [0.1, 0.15) is 43.5 Å². The number of carbonyl (C=O) groups is 5. The number of imide groups is 1. The lowest BCUT2D eigenvalue weighted by atomic mass is 9.81. The molecule has 3 fully saturated rings. The highest BCUT2D eigenvalue weighted by Gasteiger charge is 2.62. The number of rotatable bonds is 6. The number of halogens is 1. The Balaban J connectivity index is 1.33. The van der Waals surface area contributed by atoms with Crippen LogP contribution < -0.4 is 10.9 Å². The second kappa shape index (κ2) is 9.24. The van der Waals surface area contributed by atoms with Crippen LogP contribution in [-0.2, 0) is 23.9 Å². The highest BCUT2D eigenvalue weighted by Crippen LogP contribution is 2.56. The first-order chi connectivity index (χ1) is 15.7. The van der Waals surface area contributed by atoms with E-state index >= 15 is 0 Å². The fourth-order valence-corrected chi connectivity index (χ4v) is 5.70. The largest absolute Gasteiger partial charge is 0.454 e. The van der Waals surface area contributed by atoms with Crippen LogP contribution in [0.3, 0.4) is 0 Å². The second-order valence-corrected chi connectivity index (χ2v) is 10.2. The molecule has 0 spiro atoms. The molecule has 1 saturated heterocycles. The predicted molar refractivity (Wildman–Crippen MR) is 119 cm³/mol. The Labute approximate surface area is 199 Å². The number of hydrazine groups is 1. The molecule has 0 unspecified atom stereocenters. The number of amides is 4. The van der Waals surface area contributed by atoms with Gasteiger partial charge in [-0.25, -0.2) is 4.79 Å². The molecular formula is C23H26BrN3O6. The maximum atomic E-state index is 13.1. The van der Waals surface area contributed by atoms with Crippen molar-refractivity contribution in [2.24, 2.45) is 29.6 Å². The number of benzene rings is 1. The van der Waals surface area contributed by atoms with Gasteiger partial charge in [0, 0.05) is 10.0 Å². The summed E-state index contributed by atoms with van der Waals surface area (Å²) in [6.45, 7) is 2.80. The summed E-state index contributed by atoms with van der Waals surface area (Å²) in [5.41, 5.74) is 4.76. The minimum Gasteiger partial charge on any atom is -0.454 e. The van der Waals surface area contributed by atoms with Gasteiger partial charge >= 0.3 is 5.97 Å². The normalized spacial score (nSPS) is 26.4. The number of hydrogen-bond donors (Lipinski definition) is 2. The Morgan fingerprint density at radius 3 is 2.15 bits per heavy atom. The van der Waals surface area contributed by atoms with Gasteiger partial charge in [-0.2, -0.15) is 0 Å². The van der Waals surface area contributed by atoms with Gasteiger partial charge in [-0.05, 0) is 61.3 Å².